The van der Waals surface area contributed by atoms with Crippen molar-refractivity contribution in [2.45, 2.75) is 19.9 Å². The molecule has 0 atom stereocenters. The molecule has 1 aromatic carbocycles. The minimum Gasteiger partial charge on any atom is -0.486 e. The normalized spacial score (nSPS) is 13.2. The van der Waals surface area contributed by atoms with Gasteiger partial charge in [-0.25, -0.2) is 9.67 Å². The quantitative estimate of drug-likeness (QED) is 0.758. The molecule has 0 saturated heterocycles. The van der Waals surface area contributed by atoms with Gasteiger partial charge in [0.1, 0.15) is 13.2 Å². The maximum atomic E-state index is 12.6. The molecule has 1 N–H and O–H groups in total. The zero-order valence-corrected chi connectivity index (χ0v) is 15.1. The highest BCUT2D eigenvalue weighted by atomic mass is 35.5. The van der Waals surface area contributed by atoms with E-state index in [-0.39, 0.29) is 11.9 Å². The second kappa shape index (κ2) is 6.49. The number of pyridine rings is 1. The van der Waals surface area contributed by atoms with Crippen molar-refractivity contribution in [1.29, 1.82) is 0 Å². The summed E-state index contributed by atoms with van der Waals surface area (Å²) in [4.78, 5) is 17.0. The molecular weight excluding hydrogens is 356 g/mol. The van der Waals surface area contributed by atoms with Gasteiger partial charge < -0.3 is 14.8 Å². The average molecular weight is 373 g/mol. The summed E-state index contributed by atoms with van der Waals surface area (Å²) >= 11 is 6.25. The summed E-state index contributed by atoms with van der Waals surface area (Å²) < 4.78 is 12.8. The number of nitrogens with zero attached hydrogens (tertiary/aromatic N) is 3. The summed E-state index contributed by atoms with van der Waals surface area (Å²) in [5.41, 5.74) is 1.62. The third-order valence-electron chi connectivity index (χ3n) is 4.06. The highest BCUT2D eigenvalue weighted by Crippen LogP contribution is 2.38. The van der Waals surface area contributed by atoms with Crippen molar-refractivity contribution in [3.05, 3.63) is 41.2 Å². The summed E-state index contributed by atoms with van der Waals surface area (Å²) in [6.07, 6.45) is 3.24. The fourth-order valence-corrected chi connectivity index (χ4v) is 3.00. The summed E-state index contributed by atoms with van der Waals surface area (Å²) in [5, 5.41) is 8.29. The molecule has 1 amide bonds. The van der Waals surface area contributed by atoms with E-state index < -0.39 is 0 Å². The molecule has 26 heavy (non-hydrogen) atoms. The first-order valence-electron chi connectivity index (χ1n) is 8.26. The number of fused-ring (bicyclic) bond motifs is 2. The lowest BCUT2D eigenvalue weighted by Gasteiger charge is -2.20. The number of halogens is 1. The Kier molecular flexibility index (Phi) is 4.16. The molecule has 0 saturated carbocycles. The van der Waals surface area contributed by atoms with Crippen molar-refractivity contribution < 1.29 is 14.3 Å². The lowest BCUT2D eigenvalue weighted by molar-refractivity contribution is 0.102. The van der Waals surface area contributed by atoms with Gasteiger partial charge in [0.05, 0.1) is 22.5 Å². The van der Waals surface area contributed by atoms with Crippen LogP contribution < -0.4 is 14.8 Å². The Bertz CT molecular complexity index is 1000. The minimum atomic E-state index is -0.310. The highest BCUT2D eigenvalue weighted by Gasteiger charge is 2.18. The van der Waals surface area contributed by atoms with Gasteiger partial charge >= 0.3 is 0 Å². The van der Waals surface area contributed by atoms with Crippen molar-refractivity contribution in [1.82, 2.24) is 14.8 Å². The smallest absolute Gasteiger partial charge is 0.257 e. The van der Waals surface area contributed by atoms with Crippen molar-refractivity contribution in [2.24, 2.45) is 0 Å². The molecule has 0 fully saturated rings. The number of carbonyl (C=O) groups excluding carboxylic acids is 1. The fraction of sp³-hybridized carbons (Fsp3) is 0.278. The van der Waals surface area contributed by atoms with Crippen LogP contribution in [-0.4, -0.2) is 33.9 Å². The average Bonchev–Trinajstić information content (AvgIpc) is 3.05. The largest absolute Gasteiger partial charge is 0.486 e. The molecule has 4 rings (SSSR count). The van der Waals surface area contributed by atoms with E-state index in [4.69, 9.17) is 21.1 Å². The molecule has 3 heterocycles. The molecule has 0 bridgehead atoms. The molecule has 3 aromatic rings. The van der Waals surface area contributed by atoms with Gasteiger partial charge in [-0.15, -0.1) is 0 Å². The van der Waals surface area contributed by atoms with E-state index in [1.54, 1.807) is 24.4 Å². The second-order valence-electron chi connectivity index (χ2n) is 6.25. The fourth-order valence-electron chi connectivity index (χ4n) is 2.80. The van der Waals surface area contributed by atoms with Gasteiger partial charge in [0.15, 0.2) is 17.1 Å². The minimum absolute atomic E-state index is 0.191. The first-order chi connectivity index (χ1) is 12.5. The van der Waals surface area contributed by atoms with Crippen molar-refractivity contribution >= 4 is 34.2 Å². The Morgan fingerprint density at radius 2 is 1.92 bits per heavy atom. The Morgan fingerprint density at radius 3 is 2.65 bits per heavy atom. The predicted molar refractivity (Wildman–Crippen MR) is 98.3 cm³/mol. The third kappa shape index (κ3) is 2.94. The van der Waals surface area contributed by atoms with E-state index in [1.165, 1.54) is 6.20 Å². The maximum absolute atomic E-state index is 12.6. The molecule has 1 aliphatic rings. The topological polar surface area (TPSA) is 78.3 Å². The van der Waals surface area contributed by atoms with Crippen LogP contribution in [0.25, 0.3) is 11.0 Å². The Morgan fingerprint density at radius 1 is 1.19 bits per heavy atom. The summed E-state index contributed by atoms with van der Waals surface area (Å²) in [6.45, 7) is 4.99. The van der Waals surface area contributed by atoms with Crippen LogP contribution in [-0.2, 0) is 0 Å². The monoisotopic (exact) mass is 372 g/mol. The van der Waals surface area contributed by atoms with E-state index in [9.17, 15) is 4.79 Å². The number of ether oxygens (including phenoxy) is 2. The summed E-state index contributed by atoms with van der Waals surface area (Å²) in [6, 6.07) is 5.25. The van der Waals surface area contributed by atoms with E-state index in [0.717, 1.165) is 11.0 Å². The summed E-state index contributed by atoms with van der Waals surface area (Å²) in [7, 11) is 0. The molecule has 2 aromatic heterocycles. The molecule has 1 aliphatic heterocycles. The molecule has 0 radical (unpaired) electrons. The number of hydrogen-bond acceptors (Lipinski definition) is 5. The molecule has 7 nitrogen and oxygen atoms in total. The lowest BCUT2D eigenvalue weighted by Crippen LogP contribution is -2.17. The molecule has 8 heteroatoms. The SMILES string of the molecule is CC(C)n1ncc2cc(C(=O)Nc3cc4c(cc3Cl)OCCO4)cnc21. The number of benzene rings is 1. The predicted octanol–water partition coefficient (Wildman–Crippen LogP) is 3.69. The van der Waals surface area contributed by atoms with Crippen LogP contribution in [0.15, 0.2) is 30.6 Å². The van der Waals surface area contributed by atoms with Gasteiger partial charge in [0.2, 0.25) is 0 Å². The lowest BCUT2D eigenvalue weighted by atomic mass is 10.2. The van der Waals surface area contributed by atoms with Crippen LogP contribution in [0, 0.1) is 0 Å². The van der Waals surface area contributed by atoms with E-state index in [0.29, 0.717) is 41.0 Å². The first kappa shape index (κ1) is 16.7. The zero-order chi connectivity index (χ0) is 18.3. The van der Waals surface area contributed by atoms with Crippen LogP contribution in [0.3, 0.4) is 0 Å². The van der Waals surface area contributed by atoms with Crippen LogP contribution >= 0.6 is 11.6 Å². The van der Waals surface area contributed by atoms with Gasteiger partial charge in [0, 0.05) is 29.8 Å². The van der Waals surface area contributed by atoms with E-state index in [1.807, 2.05) is 18.5 Å². The Labute approximate surface area is 154 Å². The zero-order valence-electron chi connectivity index (χ0n) is 14.3. The Hall–Kier alpha value is -2.80. The van der Waals surface area contributed by atoms with Gasteiger partial charge in [-0.2, -0.15) is 5.10 Å². The van der Waals surface area contributed by atoms with Gasteiger partial charge in [-0.3, -0.25) is 4.79 Å². The van der Waals surface area contributed by atoms with Crippen LogP contribution in [0.5, 0.6) is 11.5 Å². The number of rotatable bonds is 3. The maximum Gasteiger partial charge on any atom is 0.257 e. The molecule has 134 valence electrons. The van der Waals surface area contributed by atoms with Crippen LogP contribution in [0.1, 0.15) is 30.2 Å². The number of nitrogens with one attached hydrogen (secondary N) is 1. The molecule has 0 unspecified atom stereocenters. The highest BCUT2D eigenvalue weighted by molar-refractivity contribution is 6.34. The number of hydrogen-bond donors (Lipinski definition) is 1. The number of anilines is 1. The first-order valence-corrected chi connectivity index (χ1v) is 8.64. The van der Waals surface area contributed by atoms with E-state index >= 15 is 0 Å². The summed E-state index contributed by atoms with van der Waals surface area (Å²) in [5.74, 6) is 0.821. The van der Waals surface area contributed by atoms with Crippen molar-refractivity contribution in [3.63, 3.8) is 0 Å². The van der Waals surface area contributed by atoms with Gasteiger partial charge in [-0.05, 0) is 19.9 Å². The van der Waals surface area contributed by atoms with Crippen LogP contribution in [0.4, 0.5) is 5.69 Å². The number of aromatic nitrogens is 3. The van der Waals surface area contributed by atoms with E-state index in [2.05, 4.69) is 15.4 Å². The second-order valence-corrected chi connectivity index (χ2v) is 6.66. The number of amides is 1. The third-order valence-corrected chi connectivity index (χ3v) is 4.38. The number of carbonyl (C=O) groups is 1. The van der Waals surface area contributed by atoms with Gasteiger partial charge in [0.25, 0.3) is 5.91 Å². The van der Waals surface area contributed by atoms with Gasteiger partial charge in [-0.1, -0.05) is 11.6 Å². The standard InChI is InChI=1S/C18H17ClN4O3/c1-10(2)23-17-11(9-21-23)5-12(8-20-17)18(24)22-14-7-16-15(6-13(14)19)25-3-4-26-16/h5-10H,3-4H2,1-2H3,(H,22,24). The molecule has 0 aliphatic carbocycles. The van der Waals surface area contributed by atoms with Crippen molar-refractivity contribution in [3.8, 4) is 11.5 Å². The van der Waals surface area contributed by atoms with Crippen molar-refractivity contribution in [2.75, 3.05) is 18.5 Å². The molecule has 0 spiro atoms. The van der Waals surface area contributed by atoms with Crippen LogP contribution in [0.2, 0.25) is 5.02 Å². The molecular formula is C18H17ClN4O3. The Balaban J connectivity index is 1.61.